The van der Waals surface area contributed by atoms with Crippen LogP contribution in [-0.4, -0.2) is 29.2 Å². The number of halogens is 2. The largest absolute Gasteiger partial charge is 0.376 e. The fourth-order valence-corrected chi connectivity index (χ4v) is 1.95. The lowest BCUT2D eigenvalue weighted by molar-refractivity contribution is 0.600. The monoisotopic (exact) mass is 279 g/mol. The van der Waals surface area contributed by atoms with Gasteiger partial charge < -0.3 is 4.90 Å². The number of nitrogens with zero attached hydrogens (tertiary/aromatic N) is 2. The third-order valence-electron chi connectivity index (χ3n) is 1.93. The minimum Gasteiger partial charge on any atom is -0.376 e. The first-order chi connectivity index (χ1) is 7.76. The second kappa shape index (κ2) is 4.89. The highest BCUT2D eigenvalue weighted by Gasteiger charge is 2.14. The Kier molecular flexibility index (Phi) is 3.94. The van der Waals surface area contributed by atoms with Gasteiger partial charge in [-0.25, -0.2) is 4.39 Å². The quantitative estimate of drug-likeness (QED) is 0.857. The van der Waals surface area contributed by atoms with Gasteiger partial charge in [-0.05, 0) is 12.1 Å². The van der Waals surface area contributed by atoms with Crippen LogP contribution in [0.1, 0.15) is 0 Å². The van der Waals surface area contributed by atoms with E-state index in [1.54, 1.807) is 19.0 Å². The first-order valence-corrected chi connectivity index (χ1v) is 6.25. The average Bonchev–Trinajstić information content (AvgIpc) is 2.21. The van der Waals surface area contributed by atoms with Gasteiger partial charge in [-0.2, -0.15) is 12.8 Å². The van der Waals surface area contributed by atoms with Gasteiger partial charge in [0.25, 0.3) is 0 Å². The van der Waals surface area contributed by atoms with E-state index in [2.05, 4.69) is 11.1 Å². The van der Waals surface area contributed by atoms with Crippen molar-refractivity contribution in [3.63, 3.8) is 0 Å². The molecule has 94 valence electrons. The molecule has 8 heteroatoms. The normalized spacial score (nSPS) is 11.1. The minimum absolute atomic E-state index is 0.182. The lowest BCUT2D eigenvalue weighted by atomic mass is 10.2. The van der Waals surface area contributed by atoms with Gasteiger partial charge in [0, 0.05) is 20.8 Å². The zero-order valence-corrected chi connectivity index (χ0v) is 10.8. The van der Waals surface area contributed by atoms with Crippen LogP contribution >= 0.6 is 11.6 Å². The Bertz CT molecular complexity index is 545. The summed E-state index contributed by atoms with van der Waals surface area (Å²) in [5.41, 5.74) is 0.250. The Labute approximate surface area is 104 Å². The Morgan fingerprint density at radius 2 is 2.06 bits per heavy atom. The molecule has 1 aromatic carbocycles. The molecule has 0 unspecified atom stereocenters. The lowest BCUT2D eigenvalue weighted by Gasteiger charge is -2.16. The molecule has 0 amide bonds. The van der Waals surface area contributed by atoms with Crippen LogP contribution in [0.4, 0.5) is 15.8 Å². The summed E-state index contributed by atoms with van der Waals surface area (Å²) in [4.78, 5) is 1.63. The van der Waals surface area contributed by atoms with Crippen LogP contribution in [0.15, 0.2) is 16.5 Å². The summed E-state index contributed by atoms with van der Waals surface area (Å²) >= 11 is 5.81. The fraction of sp³-hybridized carbons (Fsp3) is 0.222. The maximum absolute atomic E-state index is 13.5. The molecule has 5 nitrogen and oxygen atoms in total. The molecule has 17 heavy (non-hydrogen) atoms. The van der Waals surface area contributed by atoms with Gasteiger partial charge in [0.1, 0.15) is 5.82 Å². The maximum atomic E-state index is 13.5. The van der Waals surface area contributed by atoms with Crippen LogP contribution in [0.2, 0.25) is 5.02 Å². The third kappa shape index (κ3) is 3.31. The Morgan fingerprint density at radius 3 is 2.53 bits per heavy atom. The van der Waals surface area contributed by atoms with Crippen molar-refractivity contribution in [1.82, 2.24) is 0 Å². The van der Waals surface area contributed by atoms with Crippen LogP contribution in [0.5, 0.6) is 0 Å². The van der Waals surface area contributed by atoms with E-state index in [0.717, 1.165) is 6.07 Å². The number of hydrogen-bond donors (Lipinski definition) is 1. The van der Waals surface area contributed by atoms with Gasteiger partial charge in [0.2, 0.25) is 0 Å². The fourth-order valence-electron chi connectivity index (χ4n) is 1.13. The van der Waals surface area contributed by atoms with Crippen LogP contribution in [0.3, 0.4) is 0 Å². The maximum Gasteiger partial charge on any atom is 0.341 e. The first kappa shape index (κ1) is 13.7. The number of nitrogens with one attached hydrogen (secondary N) is 1. The van der Waals surface area contributed by atoms with Crippen LogP contribution in [-0.2, 0) is 10.2 Å². The molecular weight excluding hydrogens is 269 g/mol. The van der Waals surface area contributed by atoms with Gasteiger partial charge in [-0.15, -0.1) is 0 Å². The molecule has 0 aliphatic rings. The van der Waals surface area contributed by atoms with Crippen LogP contribution in [0.25, 0.3) is 0 Å². The molecule has 0 aromatic heterocycles. The van der Waals surface area contributed by atoms with Crippen molar-refractivity contribution >= 4 is 39.9 Å². The smallest absolute Gasteiger partial charge is 0.341 e. The topological polar surface area (TPSA) is 61.8 Å². The van der Waals surface area contributed by atoms with Crippen molar-refractivity contribution in [1.29, 1.82) is 0 Å². The van der Waals surface area contributed by atoms with Crippen molar-refractivity contribution < 1.29 is 12.8 Å². The molecule has 0 atom stereocenters. The number of anilines is 2. The summed E-state index contributed by atoms with van der Waals surface area (Å²) in [7, 11) is -0.593. The van der Waals surface area contributed by atoms with E-state index in [9.17, 15) is 12.8 Å². The van der Waals surface area contributed by atoms with E-state index in [4.69, 9.17) is 11.6 Å². The highest BCUT2D eigenvalue weighted by molar-refractivity contribution is 7.91. The molecule has 0 radical (unpaired) electrons. The molecule has 0 spiro atoms. The molecule has 0 heterocycles. The molecule has 0 fully saturated rings. The van der Waals surface area contributed by atoms with E-state index in [1.165, 1.54) is 6.07 Å². The van der Waals surface area contributed by atoms with Crippen molar-refractivity contribution in [2.24, 2.45) is 4.40 Å². The third-order valence-corrected chi connectivity index (χ3v) is 3.05. The van der Waals surface area contributed by atoms with Gasteiger partial charge in [-0.1, -0.05) is 11.6 Å². The molecule has 0 saturated heterocycles. The lowest BCUT2D eigenvalue weighted by Crippen LogP contribution is -2.13. The molecular formula is C9H11ClFN3O2S. The van der Waals surface area contributed by atoms with E-state index in [0.29, 0.717) is 5.69 Å². The van der Waals surface area contributed by atoms with E-state index in [-0.39, 0.29) is 10.7 Å². The molecule has 0 bridgehead atoms. The van der Waals surface area contributed by atoms with Crippen molar-refractivity contribution in [3.8, 4) is 0 Å². The molecule has 1 rings (SSSR count). The van der Waals surface area contributed by atoms with Crippen molar-refractivity contribution in [3.05, 3.63) is 23.0 Å². The summed E-state index contributed by atoms with van der Waals surface area (Å²) in [6, 6.07) is 2.30. The molecule has 1 aromatic rings. The highest BCUT2D eigenvalue weighted by atomic mass is 35.5. The Hall–Kier alpha value is -1.34. The molecule has 0 aliphatic heterocycles. The zero-order chi connectivity index (χ0) is 13.2. The molecule has 0 saturated carbocycles. The predicted octanol–water partition coefficient (Wildman–Crippen LogP) is 1.90. The Balaban J connectivity index is 3.26. The number of benzene rings is 1. The Morgan fingerprint density at radius 1 is 1.47 bits per heavy atom. The first-order valence-electron chi connectivity index (χ1n) is 4.44. The van der Waals surface area contributed by atoms with Gasteiger partial charge in [0.15, 0.2) is 0 Å². The molecule has 0 aliphatic carbocycles. The predicted molar refractivity (Wildman–Crippen MR) is 67.8 cm³/mol. The van der Waals surface area contributed by atoms with Gasteiger partial charge in [-0.3, -0.25) is 4.72 Å². The SMILES string of the molecule is C=NS(=O)(=O)Nc1cc(N(C)C)c(Cl)cc1F. The summed E-state index contributed by atoms with van der Waals surface area (Å²) in [5, 5.41) is 0.182. The van der Waals surface area contributed by atoms with Gasteiger partial charge >= 0.3 is 10.2 Å². The van der Waals surface area contributed by atoms with E-state index in [1.807, 2.05) is 4.72 Å². The summed E-state index contributed by atoms with van der Waals surface area (Å²) in [6.45, 7) is 2.87. The standard InChI is InChI=1S/C9H11ClFN3O2S/c1-12-17(15,16)13-8-5-9(14(2)3)6(10)4-7(8)11/h4-5,13H,1H2,2-3H3. The highest BCUT2D eigenvalue weighted by Crippen LogP contribution is 2.30. The molecule has 1 N–H and O–H groups in total. The second-order valence-electron chi connectivity index (χ2n) is 3.38. The summed E-state index contributed by atoms with van der Waals surface area (Å²) in [6.07, 6.45) is 0. The van der Waals surface area contributed by atoms with E-state index < -0.39 is 16.0 Å². The minimum atomic E-state index is -3.99. The van der Waals surface area contributed by atoms with Crippen LogP contribution < -0.4 is 9.62 Å². The number of hydrogen-bond acceptors (Lipinski definition) is 3. The van der Waals surface area contributed by atoms with Crippen LogP contribution in [0, 0.1) is 5.82 Å². The number of rotatable bonds is 4. The van der Waals surface area contributed by atoms with Gasteiger partial charge in [0.05, 0.1) is 16.4 Å². The average molecular weight is 280 g/mol. The zero-order valence-electron chi connectivity index (χ0n) is 9.24. The van der Waals surface area contributed by atoms with Crippen molar-refractivity contribution in [2.45, 2.75) is 0 Å². The van der Waals surface area contributed by atoms with E-state index >= 15 is 0 Å². The summed E-state index contributed by atoms with van der Waals surface area (Å²) in [5.74, 6) is -0.784. The summed E-state index contributed by atoms with van der Waals surface area (Å²) < 4.78 is 40.5. The van der Waals surface area contributed by atoms with Crippen molar-refractivity contribution in [2.75, 3.05) is 23.7 Å². The second-order valence-corrected chi connectivity index (χ2v) is 5.20.